The molecule has 0 saturated carbocycles. The van der Waals surface area contributed by atoms with Gasteiger partial charge in [0.25, 0.3) is 0 Å². The number of carbonyl (C=O) groups is 4. The second kappa shape index (κ2) is 13.8. The topological polar surface area (TPSA) is 114 Å². The number of esters is 1. The summed E-state index contributed by atoms with van der Waals surface area (Å²) in [6.07, 6.45) is -0.686. The van der Waals surface area contributed by atoms with E-state index in [0.29, 0.717) is 5.56 Å². The fourth-order valence-corrected chi connectivity index (χ4v) is 3.59. The first-order chi connectivity index (χ1) is 16.7. The van der Waals surface area contributed by atoms with Crippen molar-refractivity contribution in [2.45, 2.75) is 92.5 Å². The highest BCUT2D eigenvalue weighted by Gasteiger charge is 2.38. The number of hydrogen-bond acceptors (Lipinski definition) is 6. The fraction of sp³-hybridized carbons (Fsp3) is 0.630. The van der Waals surface area contributed by atoms with Gasteiger partial charge in [0, 0.05) is 12.6 Å². The molecule has 0 bridgehead atoms. The van der Waals surface area contributed by atoms with Crippen molar-refractivity contribution in [2.24, 2.45) is 5.92 Å². The molecule has 2 N–H and O–H groups in total. The Hall–Kier alpha value is -3.10. The highest BCUT2D eigenvalue weighted by molar-refractivity contribution is 5.92. The second-order valence-electron chi connectivity index (χ2n) is 10.4. The molecule has 1 aromatic carbocycles. The number of amides is 3. The molecule has 2 atom stereocenters. The predicted molar refractivity (Wildman–Crippen MR) is 138 cm³/mol. The molecule has 0 fully saturated rings. The van der Waals surface area contributed by atoms with E-state index in [4.69, 9.17) is 9.47 Å². The van der Waals surface area contributed by atoms with Gasteiger partial charge in [-0.25, -0.2) is 4.79 Å². The monoisotopic (exact) mass is 505 g/mol. The molecule has 9 nitrogen and oxygen atoms in total. The summed E-state index contributed by atoms with van der Waals surface area (Å²) >= 11 is 0. The van der Waals surface area contributed by atoms with Crippen LogP contribution in [0.1, 0.15) is 79.0 Å². The van der Waals surface area contributed by atoms with Crippen LogP contribution in [0.2, 0.25) is 0 Å². The minimum atomic E-state index is -0.970. The van der Waals surface area contributed by atoms with Crippen LogP contribution >= 0.6 is 0 Å². The number of alkyl carbamates (subject to hydrolysis) is 1. The van der Waals surface area contributed by atoms with Crippen molar-refractivity contribution in [2.75, 3.05) is 13.2 Å². The zero-order chi connectivity index (χ0) is 27.6. The molecule has 0 spiro atoms. The Bertz CT molecular complexity index is 890. The normalized spacial score (nSPS) is 13.1. The van der Waals surface area contributed by atoms with Crippen molar-refractivity contribution in [1.82, 2.24) is 15.5 Å². The number of carbonyl (C=O) groups excluding carboxylic acids is 4. The number of aryl methyl sites for hydroxylation is 1. The van der Waals surface area contributed by atoms with E-state index < -0.39 is 41.6 Å². The van der Waals surface area contributed by atoms with Gasteiger partial charge in [0.15, 0.2) is 0 Å². The molecule has 0 radical (unpaired) electrons. The van der Waals surface area contributed by atoms with E-state index in [1.54, 1.807) is 39.8 Å². The fourth-order valence-electron chi connectivity index (χ4n) is 3.59. The third kappa shape index (κ3) is 9.87. The van der Waals surface area contributed by atoms with Gasteiger partial charge in [-0.3, -0.25) is 14.4 Å². The zero-order valence-electron chi connectivity index (χ0n) is 23.1. The Morgan fingerprint density at radius 3 is 2.06 bits per heavy atom. The number of hydrogen-bond donors (Lipinski definition) is 2. The minimum absolute atomic E-state index is 0.0185. The maximum atomic E-state index is 13.9. The molecule has 2 unspecified atom stereocenters. The Kier molecular flexibility index (Phi) is 11.9. The molecule has 0 aromatic heterocycles. The summed E-state index contributed by atoms with van der Waals surface area (Å²) < 4.78 is 10.3. The smallest absolute Gasteiger partial charge is 0.408 e. The van der Waals surface area contributed by atoms with Crippen molar-refractivity contribution in [3.05, 3.63) is 35.4 Å². The van der Waals surface area contributed by atoms with Crippen LogP contribution in [0.25, 0.3) is 0 Å². The predicted octanol–water partition coefficient (Wildman–Crippen LogP) is 3.89. The Balaban J connectivity index is 3.32. The maximum Gasteiger partial charge on any atom is 0.408 e. The molecule has 0 heterocycles. The third-order valence-electron chi connectivity index (χ3n) is 5.27. The molecule has 202 valence electrons. The number of nitrogens with one attached hydrogen (secondary N) is 2. The van der Waals surface area contributed by atoms with E-state index in [-0.39, 0.29) is 31.5 Å². The lowest BCUT2D eigenvalue weighted by atomic mass is 9.97. The molecule has 0 saturated heterocycles. The van der Waals surface area contributed by atoms with Crippen LogP contribution in [0.4, 0.5) is 4.79 Å². The highest BCUT2D eigenvalue weighted by Crippen LogP contribution is 2.26. The van der Waals surface area contributed by atoms with Crippen LogP contribution in [0.15, 0.2) is 24.3 Å². The van der Waals surface area contributed by atoms with Crippen LogP contribution < -0.4 is 10.6 Å². The van der Waals surface area contributed by atoms with Gasteiger partial charge >= 0.3 is 12.1 Å². The van der Waals surface area contributed by atoms with Crippen molar-refractivity contribution in [3.63, 3.8) is 0 Å². The number of benzene rings is 1. The zero-order valence-corrected chi connectivity index (χ0v) is 23.1. The summed E-state index contributed by atoms with van der Waals surface area (Å²) in [5.41, 5.74) is 0.903. The van der Waals surface area contributed by atoms with E-state index in [0.717, 1.165) is 5.56 Å². The molecular formula is C27H43N3O6. The van der Waals surface area contributed by atoms with Crippen LogP contribution in [-0.4, -0.2) is 59.6 Å². The molecule has 0 aliphatic rings. The standard InChI is InChI=1S/C27H43N3O6/c1-10-35-21(31)15-16-28-24(32)23(20-13-11-19(6)12-14-20)30(18(4)5)25(33)22(17(2)3)29-26(34)36-27(7,8)9/h11-14,17-18,22-23H,10,15-16H2,1-9H3,(H,28,32)(H,29,34). The van der Waals surface area contributed by atoms with E-state index >= 15 is 0 Å². The first kappa shape index (κ1) is 30.9. The SMILES string of the molecule is CCOC(=O)CCNC(=O)C(c1ccc(C)cc1)N(C(=O)C(NC(=O)OC(C)(C)C)C(C)C)C(C)C. The van der Waals surface area contributed by atoms with Crippen LogP contribution in [0, 0.1) is 12.8 Å². The Labute approximate surface area is 215 Å². The largest absolute Gasteiger partial charge is 0.466 e. The first-order valence-electron chi connectivity index (χ1n) is 12.5. The van der Waals surface area contributed by atoms with Crippen LogP contribution in [-0.2, 0) is 23.9 Å². The summed E-state index contributed by atoms with van der Waals surface area (Å²) in [6, 6.07) is 5.09. The summed E-state index contributed by atoms with van der Waals surface area (Å²) in [7, 11) is 0. The molecule has 0 aliphatic carbocycles. The summed E-state index contributed by atoms with van der Waals surface area (Å²) in [5.74, 6) is -1.51. The van der Waals surface area contributed by atoms with Crippen molar-refractivity contribution in [3.8, 4) is 0 Å². The van der Waals surface area contributed by atoms with Crippen molar-refractivity contribution < 1.29 is 28.7 Å². The molecule has 1 aromatic rings. The lowest BCUT2D eigenvalue weighted by molar-refractivity contribution is -0.146. The van der Waals surface area contributed by atoms with Crippen molar-refractivity contribution in [1.29, 1.82) is 0 Å². The molecule has 3 amide bonds. The number of nitrogens with zero attached hydrogens (tertiary/aromatic N) is 1. The van der Waals surface area contributed by atoms with Crippen molar-refractivity contribution >= 4 is 23.9 Å². The van der Waals surface area contributed by atoms with Gasteiger partial charge in [0.05, 0.1) is 13.0 Å². The van der Waals surface area contributed by atoms with Gasteiger partial charge in [-0.1, -0.05) is 43.7 Å². The molecule has 36 heavy (non-hydrogen) atoms. The first-order valence-corrected chi connectivity index (χ1v) is 12.5. The summed E-state index contributed by atoms with van der Waals surface area (Å²) in [6.45, 7) is 16.5. The third-order valence-corrected chi connectivity index (χ3v) is 5.27. The van der Waals surface area contributed by atoms with E-state index in [1.807, 2.05) is 46.8 Å². The Morgan fingerprint density at radius 2 is 1.58 bits per heavy atom. The van der Waals surface area contributed by atoms with E-state index in [2.05, 4.69) is 10.6 Å². The van der Waals surface area contributed by atoms with Gasteiger partial charge in [-0.05, 0) is 59.9 Å². The molecule has 9 heteroatoms. The number of rotatable bonds is 11. The highest BCUT2D eigenvalue weighted by atomic mass is 16.6. The number of ether oxygens (including phenoxy) is 2. The Morgan fingerprint density at radius 1 is 1.00 bits per heavy atom. The minimum Gasteiger partial charge on any atom is -0.466 e. The molecular weight excluding hydrogens is 462 g/mol. The molecule has 0 aliphatic heterocycles. The average Bonchev–Trinajstić information content (AvgIpc) is 2.74. The van der Waals surface area contributed by atoms with Crippen LogP contribution in [0.5, 0.6) is 0 Å². The quantitative estimate of drug-likeness (QED) is 0.441. The lowest BCUT2D eigenvalue weighted by Gasteiger charge is -2.38. The average molecular weight is 506 g/mol. The maximum absolute atomic E-state index is 13.9. The van der Waals surface area contributed by atoms with Gasteiger partial charge in [0.2, 0.25) is 11.8 Å². The van der Waals surface area contributed by atoms with Gasteiger partial charge in [-0.15, -0.1) is 0 Å². The lowest BCUT2D eigenvalue weighted by Crippen LogP contribution is -2.56. The van der Waals surface area contributed by atoms with Crippen LogP contribution in [0.3, 0.4) is 0 Å². The van der Waals surface area contributed by atoms with Gasteiger partial charge < -0.3 is 25.0 Å². The van der Waals surface area contributed by atoms with Gasteiger partial charge in [-0.2, -0.15) is 0 Å². The second-order valence-corrected chi connectivity index (χ2v) is 10.4. The van der Waals surface area contributed by atoms with E-state index in [1.165, 1.54) is 4.90 Å². The van der Waals surface area contributed by atoms with Gasteiger partial charge in [0.1, 0.15) is 17.7 Å². The van der Waals surface area contributed by atoms with E-state index in [9.17, 15) is 19.2 Å². The summed E-state index contributed by atoms with van der Waals surface area (Å²) in [4.78, 5) is 53.1. The summed E-state index contributed by atoms with van der Waals surface area (Å²) in [5, 5.41) is 5.46. The molecule has 1 rings (SSSR count).